The zero-order valence-electron chi connectivity index (χ0n) is 17.5. The molecule has 1 saturated heterocycles. The van der Waals surface area contributed by atoms with Gasteiger partial charge in [-0.1, -0.05) is 6.07 Å². The maximum Gasteiger partial charge on any atom is 0.237 e. The molecule has 6 heteroatoms. The first-order valence-corrected chi connectivity index (χ1v) is 11.3. The number of carbonyl (C=O) groups excluding carboxylic acids is 1. The van der Waals surface area contributed by atoms with Crippen molar-refractivity contribution in [3.05, 3.63) is 45.6 Å². The van der Waals surface area contributed by atoms with Crippen molar-refractivity contribution in [3.63, 3.8) is 0 Å². The molecular weight excluding hydrogens is 384 g/mol. The van der Waals surface area contributed by atoms with Gasteiger partial charge >= 0.3 is 0 Å². The first kappa shape index (κ1) is 20.2. The van der Waals surface area contributed by atoms with Crippen LogP contribution in [0.2, 0.25) is 0 Å². The molecule has 1 unspecified atom stereocenters. The molecule has 29 heavy (non-hydrogen) atoms. The third-order valence-corrected chi connectivity index (χ3v) is 6.73. The van der Waals surface area contributed by atoms with Crippen LogP contribution in [0.5, 0.6) is 11.5 Å². The highest BCUT2D eigenvalue weighted by Crippen LogP contribution is 2.38. The van der Waals surface area contributed by atoms with Crippen molar-refractivity contribution < 1.29 is 14.3 Å². The average Bonchev–Trinajstić information content (AvgIpc) is 3.36. The van der Waals surface area contributed by atoms with Crippen molar-refractivity contribution in [1.29, 1.82) is 0 Å². The predicted molar refractivity (Wildman–Crippen MR) is 116 cm³/mol. The molecule has 0 spiro atoms. The molecule has 4 rings (SSSR count). The number of benzene rings is 1. The zero-order chi connectivity index (χ0) is 20.4. The van der Waals surface area contributed by atoms with Crippen molar-refractivity contribution in [2.24, 2.45) is 0 Å². The van der Waals surface area contributed by atoms with Crippen LogP contribution in [0.3, 0.4) is 0 Å². The van der Waals surface area contributed by atoms with Crippen molar-refractivity contribution in [1.82, 2.24) is 9.80 Å². The third-order valence-electron chi connectivity index (χ3n) is 5.75. The van der Waals surface area contributed by atoms with Gasteiger partial charge < -0.3 is 14.4 Å². The van der Waals surface area contributed by atoms with E-state index in [0.717, 1.165) is 43.0 Å². The molecular formula is C23H30N2O3S. The Balaban J connectivity index is 1.46. The van der Waals surface area contributed by atoms with E-state index >= 15 is 0 Å². The fourth-order valence-electron chi connectivity index (χ4n) is 4.13. The molecule has 2 aromatic rings. The molecule has 1 atom stereocenters. The van der Waals surface area contributed by atoms with Gasteiger partial charge in [0, 0.05) is 28.9 Å². The molecule has 5 nitrogen and oxygen atoms in total. The Morgan fingerprint density at radius 2 is 2.00 bits per heavy atom. The van der Waals surface area contributed by atoms with Crippen LogP contribution >= 0.6 is 11.3 Å². The van der Waals surface area contributed by atoms with Gasteiger partial charge in [-0.15, -0.1) is 11.3 Å². The lowest BCUT2D eigenvalue weighted by Gasteiger charge is -2.31. The van der Waals surface area contributed by atoms with Crippen LogP contribution < -0.4 is 9.47 Å². The van der Waals surface area contributed by atoms with Gasteiger partial charge in [0.2, 0.25) is 5.91 Å². The van der Waals surface area contributed by atoms with Crippen LogP contribution in [0.1, 0.15) is 48.0 Å². The van der Waals surface area contributed by atoms with Crippen LogP contribution in [-0.4, -0.2) is 48.1 Å². The second kappa shape index (κ2) is 8.76. The van der Waals surface area contributed by atoms with E-state index in [2.05, 4.69) is 54.8 Å². The number of aryl methyl sites for hydroxylation is 1. The molecule has 0 bridgehead atoms. The molecule has 1 amide bonds. The highest BCUT2D eigenvalue weighted by Gasteiger charge is 2.32. The van der Waals surface area contributed by atoms with Crippen molar-refractivity contribution >= 4 is 17.2 Å². The number of hydrogen-bond acceptors (Lipinski definition) is 5. The first-order chi connectivity index (χ1) is 14.0. The lowest BCUT2D eigenvalue weighted by Crippen LogP contribution is -2.42. The maximum atomic E-state index is 13.3. The summed E-state index contributed by atoms with van der Waals surface area (Å²) in [5.74, 6) is 1.81. The SMILES string of the molecule is Cc1ccc(CN(CC(=O)N2CCCC2c2ccc3c(c2)OCCO3)C(C)C)s1. The number of nitrogens with zero attached hydrogens (tertiary/aromatic N) is 2. The minimum Gasteiger partial charge on any atom is -0.486 e. The van der Waals surface area contributed by atoms with Crippen LogP contribution in [-0.2, 0) is 11.3 Å². The molecule has 0 N–H and O–H groups in total. The normalized spacial score (nSPS) is 18.7. The summed E-state index contributed by atoms with van der Waals surface area (Å²) < 4.78 is 11.4. The number of hydrogen-bond donors (Lipinski definition) is 0. The summed E-state index contributed by atoms with van der Waals surface area (Å²) in [6, 6.07) is 10.9. The molecule has 1 aromatic heterocycles. The molecule has 1 aromatic carbocycles. The summed E-state index contributed by atoms with van der Waals surface area (Å²) in [6.07, 6.45) is 2.04. The van der Waals surface area contributed by atoms with E-state index in [0.29, 0.717) is 25.8 Å². The topological polar surface area (TPSA) is 42.0 Å². The summed E-state index contributed by atoms with van der Waals surface area (Å²) in [6.45, 7) is 9.72. The molecule has 156 valence electrons. The minimum absolute atomic E-state index is 0.122. The Bertz CT molecular complexity index is 864. The maximum absolute atomic E-state index is 13.3. The zero-order valence-corrected chi connectivity index (χ0v) is 18.3. The van der Waals surface area contributed by atoms with Crippen molar-refractivity contribution in [3.8, 4) is 11.5 Å². The number of carbonyl (C=O) groups is 1. The van der Waals surface area contributed by atoms with E-state index in [1.807, 2.05) is 17.4 Å². The Morgan fingerprint density at radius 1 is 1.21 bits per heavy atom. The van der Waals surface area contributed by atoms with E-state index in [4.69, 9.17) is 9.47 Å². The van der Waals surface area contributed by atoms with Gasteiger partial charge in [0.1, 0.15) is 13.2 Å². The number of rotatable bonds is 6. The predicted octanol–water partition coefficient (Wildman–Crippen LogP) is 4.40. The molecule has 2 aliphatic heterocycles. The smallest absolute Gasteiger partial charge is 0.237 e. The molecule has 0 radical (unpaired) electrons. The summed E-state index contributed by atoms with van der Waals surface area (Å²) in [4.78, 5) is 20.2. The van der Waals surface area contributed by atoms with Crippen LogP contribution in [0, 0.1) is 6.92 Å². The fraction of sp³-hybridized carbons (Fsp3) is 0.522. The summed E-state index contributed by atoms with van der Waals surface area (Å²) in [7, 11) is 0. The van der Waals surface area contributed by atoms with E-state index in [1.165, 1.54) is 9.75 Å². The van der Waals surface area contributed by atoms with Crippen LogP contribution in [0.15, 0.2) is 30.3 Å². The Labute approximate surface area is 177 Å². The van der Waals surface area contributed by atoms with Gasteiger partial charge in [0.15, 0.2) is 11.5 Å². The lowest BCUT2D eigenvalue weighted by molar-refractivity contribution is -0.134. The van der Waals surface area contributed by atoms with Crippen LogP contribution in [0.25, 0.3) is 0 Å². The van der Waals surface area contributed by atoms with E-state index in [9.17, 15) is 4.79 Å². The van der Waals surface area contributed by atoms with Gasteiger partial charge in [-0.05, 0) is 63.4 Å². The highest BCUT2D eigenvalue weighted by molar-refractivity contribution is 7.11. The van der Waals surface area contributed by atoms with Gasteiger partial charge in [-0.25, -0.2) is 0 Å². The first-order valence-electron chi connectivity index (χ1n) is 10.5. The lowest BCUT2D eigenvalue weighted by atomic mass is 10.0. The van der Waals surface area contributed by atoms with Crippen molar-refractivity contribution in [2.75, 3.05) is 26.3 Å². The Morgan fingerprint density at radius 3 is 2.72 bits per heavy atom. The second-order valence-electron chi connectivity index (χ2n) is 8.16. The highest BCUT2D eigenvalue weighted by atomic mass is 32.1. The number of amides is 1. The quantitative estimate of drug-likeness (QED) is 0.703. The van der Waals surface area contributed by atoms with E-state index in [-0.39, 0.29) is 11.9 Å². The molecule has 2 aliphatic rings. The largest absolute Gasteiger partial charge is 0.486 e. The number of fused-ring (bicyclic) bond motifs is 1. The van der Waals surface area contributed by atoms with Gasteiger partial charge in [-0.2, -0.15) is 0 Å². The van der Waals surface area contributed by atoms with Crippen LogP contribution in [0.4, 0.5) is 0 Å². The summed E-state index contributed by atoms with van der Waals surface area (Å²) in [5, 5.41) is 0. The van der Waals surface area contributed by atoms with Crippen molar-refractivity contribution in [2.45, 2.75) is 52.2 Å². The van der Waals surface area contributed by atoms with E-state index in [1.54, 1.807) is 0 Å². The number of ether oxygens (including phenoxy) is 2. The molecule has 1 fully saturated rings. The molecule has 3 heterocycles. The Hall–Kier alpha value is -2.05. The summed E-state index contributed by atoms with van der Waals surface area (Å²) >= 11 is 1.81. The van der Waals surface area contributed by atoms with Gasteiger partial charge in [-0.3, -0.25) is 9.69 Å². The van der Waals surface area contributed by atoms with Gasteiger partial charge in [0.05, 0.1) is 12.6 Å². The average molecular weight is 415 g/mol. The second-order valence-corrected chi connectivity index (χ2v) is 9.53. The molecule has 0 aliphatic carbocycles. The monoisotopic (exact) mass is 414 g/mol. The standard InChI is InChI=1S/C23H30N2O3S/c1-16(2)24(14-19-8-6-17(3)29-19)15-23(26)25-10-4-5-20(25)18-7-9-21-22(13-18)28-12-11-27-21/h6-9,13,16,20H,4-5,10-12,14-15H2,1-3H3. The fourth-order valence-corrected chi connectivity index (χ4v) is 5.05. The minimum atomic E-state index is 0.122. The van der Waals surface area contributed by atoms with E-state index < -0.39 is 0 Å². The number of thiophene rings is 1. The number of likely N-dealkylation sites (tertiary alicyclic amines) is 1. The third kappa shape index (κ3) is 4.59. The van der Waals surface area contributed by atoms with Gasteiger partial charge in [0.25, 0.3) is 0 Å². The Kier molecular flexibility index (Phi) is 6.11. The molecule has 0 saturated carbocycles. The summed E-state index contributed by atoms with van der Waals surface area (Å²) in [5.41, 5.74) is 1.14.